The van der Waals surface area contributed by atoms with Crippen LogP contribution < -0.4 is 0 Å². The average Bonchev–Trinajstić information content (AvgIpc) is 3.51. The molecule has 0 spiro atoms. The van der Waals surface area contributed by atoms with Crippen LogP contribution in [0.2, 0.25) is 5.02 Å². The quantitative estimate of drug-likeness (QED) is 0.301. The van der Waals surface area contributed by atoms with E-state index in [0.717, 1.165) is 17.8 Å². The van der Waals surface area contributed by atoms with Crippen molar-refractivity contribution in [2.24, 2.45) is 0 Å². The number of aromatic nitrogens is 6. The van der Waals surface area contributed by atoms with Gasteiger partial charge in [-0.3, -0.25) is 9.48 Å². The van der Waals surface area contributed by atoms with Crippen LogP contribution in [0.4, 0.5) is 4.79 Å². The first-order chi connectivity index (χ1) is 18.9. The van der Waals surface area contributed by atoms with E-state index in [1.807, 2.05) is 43.9 Å². The van der Waals surface area contributed by atoms with Crippen molar-refractivity contribution in [3.63, 3.8) is 0 Å². The van der Waals surface area contributed by atoms with Crippen LogP contribution in [-0.4, -0.2) is 77.3 Å². The van der Waals surface area contributed by atoms with Crippen molar-refractivity contribution in [2.75, 3.05) is 20.6 Å². The van der Waals surface area contributed by atoms with Crippen LogP contribution >= 0.6 is 11.6 Å². The molecule has 0 aliphatic carbocycles. The van der Waals surface area contributed by atoms with Crippen molar-refractivity contribution in [3.8, 4) is 11.5 Å². The molecule has 40 heavy (non-hydrogen) atoms. The van der Waals surface area contributed by atoms with Gasteiger partial charge in [-0.25, -0.2) is 19.7 Å². The van der Waals surface area contributed by atoms with E-state index in [1.54, 1.807) is 55.9 Å². The SMILES string of the molecule is CCn1ncc(CN(C)C(=O)c2nc(-c3cn(CCN(C)C(=O)OC(C)(C)C)cn3)nc3ccc(Cl)cc23)c1C. The number of carbonyl (C=O) groups is 2. The maximum absolute atomic E-state index is 13.7. The molecule has 4 aromatic rings. The van der Waals surface area contributed by atoms with Crippen LogP contribution in [0, 0.1) is 6.92 Å². The topological polar surface area (TPSA) is 111 Å². The molecule has 0 aliphatic heterocycles. The lowest BCUT2D eigenvalue weighted by atomic mass is 10.1. The minimum absolute atomic E-state index is 0.241. The zero-order chi connectivity index (χ0) is 29.2. The van der Waals surface area contributed by atoms with E-state index in [0.29, 0.717) is 47.1 Å². The smallest absolute Gasteiger partial charge is 0.410 e. The molecule has 0 radical (unpaired) electrons. The molecule has 3 heterocycles. The molecule has 0 bridgehead atoms. The molecule has 11 nitrogen and oxygen atoms in total. The maximum Gasteiger partial charge on any atom is 0.410 e. The third-order valence-electron chi connectivity index (χ3n) is 6.38. The number of hydrogen-bond donors (Lipinski definition) is 0. The van der Waals surface area contributed by atoms with E-state index in [1.165, 1.54) is 4.90 Å². The average molecular weight is 567 g/mol. The Hall–Kier alpha value is -3.99. The van der Waals surface area contributed by atoms with Crippen molar-refractivity contribution in [2.45, 2.75) is 59.9 Å². The van der Waals surface area contributed by atoms with E-state index in [-0.39, 0.29) is 11.6 Å². The van der Waals surface area contributed by atoms with Crippen molar-refractivity contribution in [1.29, 1.82) is 0 Å². The Morgan fingerprint density at radius 3 is 2.55 bits per heavy atom. The Morgan fingerprint density at radius 1 is 1.12 bits per heavy atom. The van der Waals surface area contributed by atoms with Crippen LogP contribution in [0.3, 0.4) is 0 Å². The van der Waals surface area contributed by atoms with Gasteiger partial charge in [0.2, 0.25) is 0 Å². The van der Waals surface area contributed by atoms with E-state index >= 15 is 0 Å². The number of aryl methyl sites for hydroxylation is 1. The van der Waals surface area contributed by atoms with Gasteiger partial charge in [-0.15, -0.1) is 0 Å². The molecule has 3 aromatic heterocycles. The maximum atomic E-state index is 13.7. The summed E-state index contributed by atoms with van der Waals surface area (Å²) in [5.74, 6) is 0.0544. The van der Waals surface area contributed by atoms with Gasteiger partial charge in [-0.2, -0.15) is 5.10 Å². The summed E-state index contributed by atoms with van der Waals surface area (Å²) in [4.78, 5) is 42.9. The Morgan fingerprint density at radius 2 is 1.88 bits per heavy atom. The van der Waals surface area contributed by atoms with Gasteiger partial charge in [0.15, 0.2) is 5.82 Å². The van der Waals surface area contributed by atoms with Crippen molar-refractivity contribution < 1.29 is 14.3 Å². The number of halogens is 1. The number of rotatable bonds is 8. The van der Waals surface area contributed by atoms with Crippen LogP contribution in [-0.2, 0) is 24.4 Å². The van der Waals surface area contributed by atoms with Gasteiger partial charge >= 0.3 is 6.09 Å². The summed E-state index contributed by atoms with van der Waals surface area (Å²) in [7, 11) is 3.42. The van der Waals surface area contributed by atoms with Gasteiger partial charge < -0.3 is 19.1 Å². The molecular formula is C28H35ClN8O3. The summed E-state index contributed by atoms with van der Waals surface area (Å²) < 4.78 is 9.15. The van der Waals surface area contributed by atoms with Crippen molar-refractivity contribution >= 4 is 34.5 Å². The molecular weight excluding hydrogens is 532 g/mol. The minimum Gasteiger partial charge on any atom is -0.444 e. The van der Waals surface area contributed by atoms with Crippen LogP contribution in [0.5, 0.6) is 0 Å². The fraction of sp³-hybridized carbons (Fsp3) is 0.429. The van der Waals surface area contributed by atoms with Gasteiger partial charge in [-0.05, 0) is 52.8 Å². The fourth-order valence-electron chi connectivity index (χ4n) is 4.14. The van der Waals surface area contributed by atoms with Gasteiger partial charge in [0, 0.05) is 68.1 Å². The molecule has 0 saturated heterocycles. The number of likely N-dealkylation sites (N-methyl/N-ethyl adjacent to an activating group) is 1. The molecule has 0 aliphatic rings. The molecule has 0 atom stereocenters. The lowest BCUT2D eigenvalue weighted by molar-refractivity contribution is 0.0293. The molecule has 0 unspecified atom stereocenters. The van der Waals surface area contributed by atoms with Crippen LogP contribution in [0.25, 0.3) is 22.4 Å². The highest BCUT2D eigenvalue weighted by atomic mass is 35.5. The van der Waals surface area contributed by atoms with E-state index in [4.69, 9.17) is 16.3 Å². The third kappa shape index (κ3) is 6.59. The number of ether oxygens (including phenoxy) is 1. The Balaban J connectivity index is 1.58. The van der Waals surface area contributed by atoms with Gasteiger partial charge in [-0.1, -0.05) is 11.6 Å². The monoisotopic (exact) mass is 566 g/mol. The molecule has 12 heteroatoms. The number of amides is 2. The van der Waals surface area contributed by atoms with Gasteiger partial charge in [0.25, 0.3) is 5.91 Å². The number of imidazole rings is 1. The molecule has 0 N–H and O–H groups in total. The largest absolute Gasteiger partial charge is 0.444 e. The first-order valence-electron chi connectivity index (χ1n) is 13.1. The second kappa shape index (κ2) is 11.6. The molecule has 4 rings (SSSR count). The van der Waals surface area contributed by atoms with E-state index in [2.05, 4.69) is 20.1 Å². The Labute approximate surface area is 238 Å². The number of hydrogen-bond acceptors (Lipinski definition) is 7. The lowest BCUT2D eigenvalue weighted by Gasteiger charge is -2.24. The summed E-state index contributed by atoms with van der Waals surface area (Å²) in [5.41, 5.74) is 2.74. The highest BCUT2D eigenvalue weighted by Gasteiger charge is 2.22. The predicted molar refractivity (Wildman–Crippen MR) is 153 cm³/mol. The number of fused-ring (bicyclic) bond motifs is 1. The zero-order valence-corrected chi connectivity index (χ0v) is 24.7. The first kappa shape index (κ1) is 29.0. The predicted octanol–water partition coefficient (Wildman–Crippen LogP) is 4.81. The third-order valence-corrected chi connectivity index (χ3v) is 6.62. The van der Waals surface area contributed by atoms with E-state index in [9.17, 15) is 9.59 Å². The van der Waals surface area contributed by atoms with Crippen molar-refractivity contribution in [1.82, 2.24) is 39.1 Å². The summed E-state index contributed by atoms with van der Waals surface area (Å²) in [6, 6.07) is 5.20. The van der Waals surface area contributed by atoms with Gasteiger partial charge in [0.05, 0.1) is 18.0 Å². The molecule has 0 fully saturated rings. The number of carbonyl (C=O) groups excluding carboxylic acids is 2. The highest BCUT2D eigenvalue weighted by Crippen LogP contribution is 2.25. The molecule has 1 aromatic carbocycles. The standard InChI is InChI=1S/C28H35ClN8O3/c1-8-37-18(2)19(14-31-37)15-35(7)26(38)24-21-13-20(29)9-10-22(21)32-25(33-24)23-16-36(17-30-23)12-11-34(6)27(39)40-28(3,4)5/h9-10,13-14,16-17H,8,11-12,15H2,1-7H3. The molecule has 0 saturated carbocycles. The summed E-state index contributed by atoms with van der Waals surface area (Å²) in [6.45, 7) is 11.6. The lowest BCUT2D eigenvalue weighted by Crippen LogP contribution is -2.35. The summed E-state index contributed by atoms with van der Waals surface area (Å²) >= 11 is 6.28. The zero-order valence-electron chi connectivity index (χ0n) is 24.0. The second-order valence-electron chi connectivity index (χ2n) is 10.7. The molecule has 2 amide bonds. The molecule has 212 valence electrons. The van der Waals surface area contributed by atoms with Crippen LogP contribution in [0.15, 0.2) is 36.9 Å². The second-order valence-corrected chi connectivity index (χ2v) is 11.1. The first-order valence-corrected chi connectivity index (χ1v) is 13.4. The highest BCUT2D eigenvalue weighted by molar-refractivity contribution is 6.31. The van der Waals surface area contributed by atoms with Crippen LogP contribution in [0.1, 0.15) is 49.4 Å². The normalized spacial score (nSPS) is 11.6. The van der Waals surface area contributed by atoms with Crippen molar-refractivity contribution in [3.05, 3.63) is 58.9 Å². The fourth-order valence-corrected chi connectivity index (χ4v) is 4.31. The Bertz CT molecular complexity index is 1540. The number of nitrogens with zero attached hydrogens (tertiary/aromatic N) is 8. The minimum atomic E-state index is -0.565. The Kier molecular flexibility index (Phi) is 8.43. The summed E-state index contributed by atoms with van der Waals surface area (Å²) in [6.07, 6.45) is 4.83. The van der Waals surface area contributed by atoms with Gasteiger partial charge in [0.1, 0.15) is 17.0 Å². The number of benzene rings is 1. The summed E-state index contributed by atoms with van der Waals surface area (Å²) in [5, 5.41) is 5.43. The van der Waals surface area contributed by atoms with E-state index < -0.39 is 11.7 Å².